The highest BCUT2D eigenvalue weighted by Gasteiger charge is 2.33. The molecule has 0 aliphatic carbocycles. The van der Waals surface area contributed by atoms with Crippen molar-refractivity contribution >= 4 is 0 Å². The number of hydrogen-bond donors (Lipinski definition) is 1. The minimum atomic E-state index is -4.56. The molecule has 0 aliphatic heterocycles. The topological polar surface area (TPSA) is 43.8 Å². The lowest BCUT2D eigenvalue weighted by atomic mass is 10.1. The molecule has 108 valence electrons. The summed E-state index contributed by atoms with van der Waals surface area (Å²) in [7, 11) is 0. The molecule has 0 bridgehead atoms. The smallest absolute Gasteiger partial charge is 0.322 e. The Bertz CT molecular complexity index is 605. The van der Waals surface area contributed by atoms with E-state index in [9.17, 15) is 22.0 Å². The molecule has 0 saturated carbocycles. The summed E-state index contributed by atoms with van der Waals surface area (Å²) >= 11 is 0. The van der Waals surface area contributed by atoms with Crippen molar-refractivity contribution in [2.45, 2.75) is 18.8 Å². The summed E-state index contributed by atoms with van der Waals surface area (Å²) < 4.78 is 64.5. The third-order valence-electron chi connectivity index (χ3n) is 2.70. The third-order valence-corrected chi connectivity index (χ3v) is 2.70. The Morgan fingerprint density at radius 3 is 2.50 bits per heavy atom. The Hall–Kier alpha value is -1.96. The van der Waals surface area contributed by atoms with Crippen LogP contribution in [0.1, 0.15) is 17.3 Å². The molecule has 1 heterocycles. The molecule has 8 heteroatoms. The minimum Gasteiger partial charge on any atom is -0.322 e. The van der Waals surface area contributed by atoms with Gasteiger partial charge < -0.3 is 5.73 Å². The number of nitrogens with two attached hydrogens (primary N) is 1. The Balaban J connectivity index is 2.18. The van der Waals surface area contributed by atoms with Gasteiger partial charge in [0.25, 0.3) is 0 Å². The Morgan fingerprint density at radius 1 is 1.20 bits per heavy atom. The van der Waals surface area contributed by atoms with Crippen LogP contribution in [0.5, 0.6) is 0 Å². The highest BCUT2D eigenvalue weighted by molar-refractivity contribution is 5.22. The molecule has 0 fully saturated rings. The van der Waals surface area contributed by atoms with Crippen LogP contribution in [0.3, 0.4) is 0 Å². The summed E-state index contributed by atoms with van der Waals surface area (Å²) in [6, 6.07) is 3.26. The second-order valence-corrected chi connectivity index (χ2v) is 4.17. The van der Waals surface area contributed by atoms with Crippen molar-refractivity contribution in [1.29, 1.82) is 0 Å². The van der Waals surface area contributed by atoms with Crippen LogP contribution in [0.2, 0.25) is 0 Å². The van der Waals surface area contributed by atoms with Crippen LogP contribution in [0.25, 0.3) is 0 Å². The number of benzene rings is 1. The van der Waals surface area contributed by atoms with E-state index >= 15 is 0 Å². The van der Waals surface area contributed by atoms with E-state index in [-0.39, 0.29) is 12.1 Å². The first-order valence-corrected chi connectivity index (χ1v) is 5.59. The highest BCUT2D eigenvalue weighted by atomic mass is 19.4. The van der Waals surface area contributed by atoms with Crippen molar-refractivity contribution in [2.75, 3.05) is 0 Å². The average Bonchev–Trinajstić information content (AvgIpc) is 2.81. The first kappa shape index (κ1) is 14.4. The highest BCUT2D eigenvalue weighted by Crippen LogP contribution is 2.27. The zero-order chi connectivity index (χ0) is 14.9. The summed E-state index contributed by atoms with van der Waals surface area (Å²) in [6.07, 6.45) is -3.47. The standard InChI is InChI=1S/C12H10F5N3/c13-8-3-1-2-7(11(8)14)9(18)6-20-5-4-10(19-20)12(15,16)17/h1-5,9H,6,18H2. The number of aromatic nitrogens is 2. The van der Waals surface area contributed by atoms with Crippen molar-refractivity contribution in [1.82, 2.24) is 9.78 Å². The lowest BCUT2D eigenvalue weighted by molar-refractivity contribution is -0.141. The van der Waals surface area contributed by atoms with E-state index < -0.39 is 29.5 Å². The zero-order valence-corrected chi connectivity index (χ0v) is 10.0. The maximum Gasteiger partial charge on any atom is 0.435 e. The maximum absolute atomic E-state index is 13.5. The molecular weight excluding hydrogens is 281 g/mol. The molecule has 0 spiro atoms. The molecule has 0 radical (unpaired) electrons. The second kappa shape index (κ2) is 5.20. The van der Waals surface area contributed by atoms with Gasteiger partial charge in [-0.05, 0) is 12.1 Å². The van der Waals surface area contributed by atoms with Crippen molar-refractivity contribution in [3.8, 4) is 0 Å². The van der Waals surface area contributed by atoms with E-state index in [1.54, 1.807) is 0 Å². The van der Waals surface area contributed by atoms with Gasteiger partial charge in [-0.15, -0.1) is 0 Å². The summed E-state index contributed by atoms with van der Waals surface area (Å²) in [5.41, 5.74) is 4.48. The summed E-state index contributed by atoms with van der Waals surface area (Å²) in [5.74, 6) is -2.17. The fourth-order valence-corrected chi connectivity index (χ4v) is 1.72. The SMILES string of the molecule is NC(Cn1ccc(C(F)(F)F)n1)c1cccc(F)c1F. The first-order chi connectivity index (χ1) is 9.29. The molecule has 1 atom stereocenters. The van der Waals surface area contributed by atoms with E-state index in [1.807, 2.05) is 0 Å². The number of hydrogen-bond acceptors (Lipinski definition) is 2. The number of halogens is 5. The van der Waals surface area contributed by atoms with Gasteiger partial charge in [0.15, 0.2) is 17.3 Å². The minimum absolute atomic E-state index is 0.117. The third kappa shape index (κ3) is 2.96. The van der Waals surface area contributed by atoms with Crippen LogP contribution < -0.4 is 5.73 Å². The fraction of sp³-hybridized carbons (Fsp3) is 0.250. The van der Waals surface area contributed by atoms with E-state index in [4.69, 9.17) is 5.73 Å². The lowest BCUT2D eigenvalue weighted by Gasteiger charge is -2.13. The lowest BCUT2D eigenvalue weighted by Crippen LogP contribution is -2.20. The molecule has 0 saturated heterocycles. The molecule has 0 amide bonds. The normalized spacial score (nSPS) is 13.5. The monoisotopic (exact) mass is 291 g/mol. The Kier molecular flexibility index (Phi) is 3.76. The number of nitrogens with zero attached hydrogens (tertiary/aromatic N) is 2. The molecule has 1 aromatic carbocycles. The molecule has 1 unspecified atom stereocenters. The number of alkyl halides is 3. The van der Waals surface area contributed by atoms with Crippen LogP contribution in [-0.4, -0.2) is 9.78 Å². The van der Waals surface area contributed by atoms with Gasteiger partial charge in [0.05, 0.1) is 12.6 Å². The molecule has 2 N–H and O–H groups in total. The van der Waals surface area contributed by atoms with Crippen molar-refractivity contribution in [2.24, 2.45) is 5.73 Å². The van der Waals surface area contributed by atoms with Gasteiger partial charge in [0.1, 0.15) is 0 Å². The fourth-order valence-electron chi connectivity index (χ4n) is 1.72. The van der Waals surface area contributed by atoms with Gasteiger partial charge >= 0.3 is 6.18 Å². The molecule has 3 nitrogen and oxygen atoms in total. The first-order valence-electron chi connectivity index (χ1n) is 5.59. The van der Waals surface area contributed by atoms with Crippen molar-refractivity contribution < 1.29 is 22.0 Å². The van der Waals surface area contributed by atoms with E-state index in [0.29, 0.717) is 0 Å². The summed E-state index contributed by atoms with van der Waals surface area (Å²) in [5, 5.41) is 3.29. The van der Waals surface area contributed by atoms with Crippen LogP contribution in [0, 0.1) is 11.6 Å². The number of rotatable bonds is 3. The van der Waals surface area contributed by atoms with E-state index in [2.05, 4.69) is 5.10 Å². The second-order valence-electron chi connectivity index (χ2n) is 4.17. The van der Waals surface area contributed by atoms with Gasteiger partial charge in [0.2, 0.25) is 0 Å². The van der Waals surface area contributed by atoms with Gasteiger partial charge in [-0.1, -0.05) is 12.1 Å². The maximum atomic E-state index is 13.5. The predicted molar refractivity (Wildman–Crippen MR) is 60.5 cm³/mol. The van der Waals surface area contributed by atoms with Gasteiger partial charge in [-0.3, -0.25) is 4.68 Å². The molecule has 2 aromatic rings. The Labute approximate surface area is 110 Å². The van der Waals surface area contributed by atoms with Crippen LogP contribution in [0.4, 0.5) is 22.0 Å². The van der Waals surface area contributed by atoms with Crippen LogP contribution in [-0.2, 0) is 12.7 Å². The van der Waals surface area contributed by atoms with Crippen molar-refractivity contribution in [3.63, 3.8) is 0 Å². The largest absolute Gasteiger partial charge is 0.435 e. The zero-order valence-electron chi connectivity index (χ0n) is 10.0. The molecular formula is C12H10F5N3. The Morgan fingerprint density at radius 2 is 1.90 bits per heavy atom. The summed E-state index contributed by atoms with van der Waals surface area (Å²) in [6.45, 7) is -0.198. The summed E-state index contributed by atoms with van der Waals surface area (Å²) in [4.78, 5) is 0. The van der Waals surface area contributed by atoms with E-state index in [1.165, 1.54) is 12.1 Å². The van der Waals surface area contributed by atoms with Gasteiger partial charge in [-0.25, -0.2) is 8.78 Å². The van der Waals surface area contributed by atoms with Crippen LogP contribution >= 0.6 is 0 Å². The predicted octanol–water partition coefficient (Wildman–Crippen LogP) is 2.88. The molecule has 20 heavy (non-hydrogen) atoms. The van der Waals surface area contributed by atoms with Gasteiger partial charge in [0, 0.05) is 11.8 Å². The average molecular weight is 291 g/mol. The van der Waals surface area contributed by atoms with Crippen molar-refractivity contribution in [3.05, 3.63) is 53.4 Å². The molecule has 0 aliphatic rings. The van der Waals surface area contributed by atoms with E-state index in [0.717, 1.165) is 23.0 Å². The molecule has 2 rings (SSSR count). The van der Waals surface area contributed by atoms with Gasteiger partial charge in [-0.2, -0.15) is 18.3 Å². The van der Waals surface area contributed by atoms with Crippen LogP contribution in [0.15, 0.2) is 30.5 Å². The molecule has 1 aromatic heterocycles. The quantitative estimate of drug-likeness (QED) is 0.884.